The topological polar surface area (TPSA) is 24.9 Å². The first-order chi connectivity index (χ1) is 8.83. The summed E-state index contributed by atoms with van der Waals surface area (Å²) in [5, 5.41) is 6.47. The highest BCUT2D eigenvalue weighted by molar-refractivity contribution is 7.11. The molecule has 3 aromatic rings. The van der Waals surface area contributed by atoms with Crippen LogP contribution in [0.25, 0.3) is 10.9 Å². The molecule has 0 aliphatic carbocycles. The molecule has 90 valence electrons. The van der Waals surface area contributed by atoms with E-state index in [1.807, 2.05) is 42.5 Å². The molecule has 4 heteroatoms. The van der Waals surface area contributed by atoms with Crippen LogP contribution in [0.15, 0.2) is 48.5 Å². The molecule has 0 fully saturated rings. The predicted molar refractivity (Wildman–Crippen MR) is 78.4 cm³/mol. The maximum Gasteiger partial charge on any atom is 0.117 e. The minimum absolute atomic E-state index is 0.766. The normalized spacial score (nSPS) is 10.7. The summed E-state index contributed by atoms with van der Waals surface area (Å²) in [6, 6.07) is 16.0. The molecule has 2 nitrogen and oxygen atoms in total. The van der Waals surface area contributed by atoms with Crippen molar-refractivity contribution in [2.45, 2.75) is 6.54 Å². The lowest BCUT2D eigenvalue weighted by Crippen LogP contribution is -1.97. The first kappa shape index (κ1) is 11.5. The van der Waals surface area contributed by atoms with Crippen molar-refractivity contribution in [3.8, 4) is 0 Å². The summed E-state index contributed by atoms with van der Waals surface area (Å²) in [7, 11) is 0. The third kappa shape index (κ3) is 2.33. The number of anilines is 1. The fourth-order valence-electron chi connectivity index (χ4n) is 1.80. The van der Waals surface area contributed by atoms with E-state index in [1.165, 1.54) is 22.5 Å². The Bertz CT molecular complexity index is 661. The van der Waals surface area contributed by atoms with E-state index in [0.29, 0.717) is 0 Å². The van der Waals surface area contributed by atoms with Gasteiger partial charge in [0.25, 0.3) is 0 Å². The predicted octanol–water partition coefficient (Wildman–Crippen LogP) is 4.56. The molecule has 2 aromatic carbocycles. The molecule has 0 amide bonds. The third-order valence-corrected chi connectivity index (χ3v) is 3.84. The first-order valence-electron chi connectivity index (χ1n) is 5.66. The molecule has 0 atom stereocenters. The van der Waals surface area contributed by atoms with E-state index >= 15 is 0 Å². The van der Waals surface area contributed by atoms with E-state index in [-0.39, 0.29) is 0 Å². The van der Waals surface area contributed by atoms with Gasteiger partial charge in [-0.1, -0.05) is 35.9 Å². The van der Waals surface area contributed by atoms with Gasteiger partial charge < -0.3 is 5.32 Å². The van der Waals surface area contributed by atoms with E-state index < -0.39 is 0 Å². The summed E-state index contributed by atoms with van der Waals surface area (Å²) >= 11 is 7.36. The lowest BCUT2D eigenvalue weighted by Gasteiger charge is -2.04. The summed E-state index contributed by atoms with van der Waals surface area (Å²) in [6.45, 7) is 0.781. The summed E-state index contributed by atoms with van der Waals surface area (Å²) < 4.78 is 4.40. The zero-order chi connectivity index (χ0) is 12.4. The Kier molecular flexibility index (Phi) is 3.17. The van der Waals surface area contributed by atoms with Gasteiger partial charge in [0.2, 0.25) is 0 Å². The second-order valence-corrected chi connectivity index (χ2v) is 5.22. The van der Waals surface area contributed by atoms with Crippen LogP contribution in [0.4, 0.5) is 5.00 Å². The Hall–Kier alpha value is -1.58. The number of hydrogen-bond donors (Lipinski definition) is 1. The number of aromatic nitrogens is 1. The van der Waals surface area contributed by atoms with Gasteiger partial charge in [0.15, 0.2) is 0 Å². The van der Waals surface area contributed by atoms with Gasteiger partial charge in [0, 0.05) is 17.0 Å². The maximum absolute atomic E-state index is 5.86. The van der Waals surface area contributed by atoms with Gasteiger partial charge in [0.1, 0.15) is 5.00 Å². The SMILES string of the molecule is Clc1ccc(CNc2snc3ccccc23)cc1. The van der Waals surface area contributed by atoms with Crippen LogP contribution in [0.1, 0.15) is 5.56 Å². The molecule has 0 radical (unpaired) electrons. The fraction of sp³-hybridized carbons (Fsp3) is 0.0714. The highest BCUT2D eigenvalue weighted by Gasteiger charge is 2.04. The molecule has 1 aromatic heterocycles. The summed E-state index contributed by atoms with van der Waals surface area (Å²) in [6.07, 6.45) is 0. The van der Waals surface area contributed by atoms with Crippen molar-refractivity contribution >= 4 is 39.0 Å². The van der Waals surface area contributed by atoms with Crippen LogP contribution in [0, 0.1) is 0 Å². The summed E-state index contributed by atoms with van der Waals surface area (Å²) in [5.74, 6) is 0. The highest BCUT2D eigenvalue weighted by atomic mass is 35.5. The zero-order valence-corrected chi connectivity index (χ0v) is 11.1. The van der Waals surface area contributed by atoms with E-state index in [1.54, 1.807) is 0 Å². The lowest BCUT2D eigenvalue weighted by molar-refractivity contribution is 1.16. The number of benzene rings is 2. The zero-order valence-electron chi connectivity index (χ0n) is 9.56. The van der Waals surface area contributed by atoms with Crippen LogP contribution in [-0.4, -0.2) is 4.37 Å². The van der Waals surface area contributed by atoms with Gasteiger partial charge in [-0.25, -0.2) is 0 Å². The smallest absolute Gasteiger partial charge is 0.117 e. The monoisotopic (exact) mass is 274 g/mol. The summed E-state index contributed by atoms with van der Waals surface area (Å²) in [5.41, 5.74) is 2.25. The standard InChI is InChI=1S/C14H11ClN2S/c15-11-7-5-10(6-8-11)9-16-14-12-3-1-2-4-13(12)17-18-14/h1-8,16H,9H2. The van der Waals surface area contributed by atoms with Crippen molar-refractivity contribution in [3.05, 3.63) is 59.1 Å². The number of halogens is 1. The molecule has 0 saturated carbocycles. The molecule has 18 heavy (non-hydrogen) atoms. The quantitative estimate of drug-likeness (QED) is 0.757. The Morgan fingerprint density at radius 3 is 2.67 bits per heavy atom. The molecular formula is C14H11ClN2S. The van der Waals surface area contributed by atoms with Crippen LogP contribution >= 0.6 is 23.1 Å². The molecule has 1 N–H and O–H groups in total. The van der Waals surface area contributed by atoms with E-state index in [2.05, 4.69) is 15.8 Å². The van der Waals surface area contributed by atoms with E-state index in [0.717, 1.165) is 22.1 Å². The minimum atomic E-state index is 0.766. The van der Waals surface area contributed by atoms with Crippen LogP contribution in [-0.2, 0) is 6.54 Å². The van der Waals surface area contributed by atoms with Gasteiger partial charge >= 0.3 is 0 Å². The Morgan fingerprint density at radius 1 is 1.06 bits per heavy atom. The van der Waals surface area contributed by atoms with Crippen molar-refractivity contribution in [1.29, 1.82) is 0 Å². The van der Waals surface area contributed by atoms with E-state index in [9.17, 15) is 0 Å². The highest BCUT2D eigenvalue weighted by Crippen LogP contribution is 2.27. The Balaban J connectivity index is 1.79. The number of fused-ring (bicyclic) bond motifs is 1. The molecule has 0 aliphatic heterocycles. The van der Waals surface area contributed by atoms with Gasteiger partial charge in [-0.2, -0.15) is 4.37 Å². The lowest BCUT2D eigenvalue weighted by atomic mass is 10.2. The molecule has 0 unspecified atom stereocenters. The van der Waals surface area contributed by atoms with Gasteiger partial charge in [0.05, 0.1) is 5.52 Å². The molecule has 0 bridgehead atoms. The number of rotatable bonds is 3. The van der Waals surface area contributed by atoms with Crippen molar-refractivity contribution in [3.63, 3.8) is 0 Å². The number of hydrogen-bond acceptors (Lipinski definition) is 3. The first-order valence-corrected chi connectivity index (χ1v) is 6.81. The van der Waals surface area contributed by atoms with Crippen LogP contribution in [0.3, 0.4) is 0 Å². The van der Waals surface area contributed by atoms with Crippen LogP contribution < -0.4 is 5.32 Å². The second-order valence-electron chi connectivity index (χ2n) is 4.01. The maximum atomic E-state index is 5.86. The van der Waals surface area contributed by atoms with Crippen molar-refractivity contribution in [1.82, 2.24) is 4.37 Å². The second kappa shape index (κ2) is 4.96. The van der Waals surface area contributed by atoms with Crippen molar-refractivity contribution in [2.24, 2.45) is 0 Å². The van der Waals surface area contributed by atoms with Crippen molar-refractivity contribution in [2.75, 3.05) is 5.32 Å². The van der Waals surface area contributed by atoms with Crippen LogP contribution in [0.2, 0.25) is 5.02 Å². The Labute approximate surface area is 114 Å². The fourth-order valence-corrected chi connectivity index (χ4v) is 2.68. The largest absolute Gasteiger partial charge is 0.371 e. The van der Waals surface area contributed by atoms with Crippen molar-refractivity contribution < 1.29 is 0 Å². The number of nitrogens with zero attached hydrogens (tertiary/aromatic N) is 1. The molecule has 0 saturated heterocycles. The van der Waals surface area contributed by atoms with Crippen LogP contribution in [0.5, 0.6) is 0 Å². The van der Waals surface area contributed by atoms with Gasteiger partial charge in [-0.3, -0.25) is 0 Å². The third-order valence-electron chi connectivity index (χ3n) is 2.75. The molecule has 0 spiro atoms. The molecular weight excluding hydrogens is 264 g/mol. The summed E-state index contributed by atoms with van der Waals surface area (Å²) in [4.78, 5) is 0. The van der Waals surface area contributed by atoms with E-state index in [4.69, 9.17) is 11.6 Å². The molecule has 1 heterocycles. The van der Waals surface area contributed by atoms with Gasteiger partial charge in [-0.05, 0) is 41.4 Å². The van der Waals surface area contributed by atoms with Gasteiger partial charge in [-0.15, -0.1) is 0 Å². The minimum Gasteiger partial charge on any atom is -0.371 e. The molecule has 3 rings (SSSR count). The molecule has 0 aliphatic rings. The Morgan fingerprint density at radius 2 is 1.83 bits per heavy atom. The average Bonchev–Trinajstić information content (AvgIpc) is 2.82. The number of nitrogens with one attached hydrogen (secondary N) is 1. The average molecular weight is 275 g/mol.